The Kier molecular flexibility index (Phi) is 5.53. The normalized spacial score (nSPS) is 17.1. The Bertz CT molecular complexity index is 864. The van der Waals surface area contributed by atoms with Gasteiger partial charge in [0.25, 0.3) is 10.1 Å². The minimum absolute atomic E-state index is 0.0143. The van der Waals surface area contributed by atoms with Crippen LogP contribution in [0, 0.1) is 12.8 Å². The molecule has 0 radical (unpaired) electrons. The van der Waals surface area contributed by atoms with E-state index in [0.29, 0.717) is 18.0 Å². The van der Waals surface area contributed by atoms with E-state index in [-0.39, 0.29) is 17.6 Å². The van der Waals surface area contributed by atoms with Crippen LogP contribution < -0.4 is 9.64 Å². The van der Waals surface area contributed by atoms with Gasteiger partial charge in [-0.05, 0) is 36.6 Å². The largest absolute Gasteiger partial charge is 0.484 e. The maximum Gasteiger partial charge on any atom is 0.297 e. The molecule has 1 aliphatic heterocycles. The summed E-state index contributed by atoms with van der Waals surface area (Å²) in [5, 5.41) is 0. The Balaban J connectivity index is 1.74. The van der Waals surface area contributed by atoms with E-state index in [4.69, 9.17) is 8.92 Å². The summed E-state index contributed by atoms with van der Waals surface area (Å²) >= 11 is 0. The Morgan fingerprint density at radius 2 is 1.85 bits per heavy atom. The highest BCUT2D eigenvalue weighted by atomic mass is 32.2. The Morgan fingerprint density at radius 1 is 1.15 bits per heavy atom. The molecule has 26 heavy (non-hydrogen) atoms. The Morgan fingerprint density at radius 3 is 2.58 bits per heavy atom. The van der Waals surface area contributed by atoms with Crippen molar-refractivity contribution in [2.75, 3.05) is 24.6 Å². The van der Waals surface area contributed by atoms with Crippen LogP contribution in [0.25, 0.3) is 0 Å². The molecule has 0 amide bonds. The first-order chi connectivity index (χ1) is 12.4. The van der Waals surface area contributed by atoms with Crippen LogP contribution >= 0.6 is 0 Å². The molecule has 2 aromatic rings. The zero-order valence-corrected chi connectivity index (χ0v) is 16.2. The SMILES string of the molecule is Cc1ccccc1S(=O)(=O)OCC1CN(CC(C)C)c2ccccc2O1. The van der Waals surface area contributed by atoms with Gasteiger partial charge >= 0.3 is 0 Å². The number of hydrogen-bond acceptors (Lipinski definition) is 5. The highest BCUT2D eigenvalue weighted by Gasteiger charge is 2.28. The van der Waals surface area contributed by atoms with Gasteiger partial charge in [0.05, 0.1) is 17.1 Å². The summed E-state index contributed by atoms with van der Waals surface area (Å²) in [5.74, 6) is 1.25. The van der Waals surface area contributed by atoms with E-state index in [1.807, 2.05) is 24.3 Å². The van der Waals surface area contributed by atoms with Gasteiger partial charge in [-0.25, -0.2) is 0 Å². The molecule has 0 N–H and O–H groups in total. The van der Waals surface area contributed by atoms with Gasteiger partial charge in [0.1, 0.15) is 18.5 Å². The molecule has 3 rings (SSSR count). The zero-order valence-electron chi connectivity index (χ0n) is 15.4. The molecule has 1 heterocycles. The first kappa shape index (κ1) is 18.7. The summed E-state index contributed by atoms with van der Waals surface area (Å²) in [7, 11) is -3.81. The predicted octanol–water partition coefficient (Wildman–Crippen LogP) is 3.62. The fourth-order valence-corrected chi connectivity index (χ4v) is 4.31. The lowest BCUT2D eigenvalue weighted by Crippen LogP contribution is -2.44. The number of fused-ring (bicyclic) bond motifs is 1. The number of ether oxygens (including phenoxy) is 1. The summed E-state index contributed by atoms with van der Waals surface area (Å²) in [6.07, 6.45) is -0.345. The first-order valence-electron chi connectivity index (χ1n) is 8.82. The van der Waals surface area contributed by atoms with Crippen molar-refractivity contribution in [3.05, 3.63) is 54.1 Å². The van der Waals surface area contributed by atoms with Crippen LogP contribution in [0.5, 0.6) is 5.75 Å². The van der Waals surface area contributed by atoms with E-state index in [1.165, 1.54) is 0 Å². The molecule has 0 spiro atoms. The Hall–Kier alpha value is -2.05. The molecule has 0 aromatic heterocycles. The molecule has 0 fully saturated rings. The third-order valence-electron chi connectivity index (χ3n) is 4.28. The highest BCUT2D eigenvalue weighted by molar-refractivity contribution is 7.86. The lowest BCUT2D eigenvalue weighted by molar-refractivity contribution is 0.127. The van der Waals surface area contributed by atoms with Gasteiger partial charge in [0.15, 0.2) is 0 Å². The minimum atomic E-state index is -3.81. The van der Waals surface area contributed by atoms with Crippen molar-refractivity contribution in [3.8, 4) is 5.75 Å². The summed E-state index contributed by atoms with van der Waals surface area (Å²) in [5.41, 5.74) is 1.71. The molecule has 0 saturated heterocycles. The van der Waals surface area contributed by atoms with Gasteiger partial charge < -0.3 is 9.64 Å². The number of anilines is 1. The lowest BCUT2D eigenvalue weighted by Gasteiger charge is -2.37. The first-order valence-corrected chi connectivity index (χ1v) is 10.2. The summed E-state index contributed by atoms with van der Waals surface area (Å²) in [6.45, 7) is 7.53. The second-order valence-electron chi connectivity index (χ2n) is 7.01. The van der Waals surface area contributed by atoms with Crippen molar-refractivity contribution >= 4 is 15.8 Å². The smallest absolute Gasteiger partial charge is 0.297 e. The third kappa shape index (κ3) is 4.19. The monoisotopic (exact) mass is 375 g/mol. The van der Waals surface area contributed by atoms with Crippen LogP contribution in [-0.4, -0.2) is 34.2 Å². The van der Waals surface area contributed by atoms with Crippen LogP contribution in [0.1, 0.15) is 19.4 Å². The van der Waals surface area contributed by atoms with Crippen LogP contribution in [0.4, 0.5) is 5.69 Å². The number of aryl methyl sites for hydroxylation is 1. The maximum atomic E-state index is 12.5. The molecular formula is C20H25NO4S. The van der Waals surface area contributed by atoms with Crippen molar-refractivity contribution < 1.29 is 17.3 Å². The molecule has 0 saturated carbocycles. The average Bonchev–Trinajstić information content (AvgIpc) is 2.60. The maximum absolute atomic E-state index is 12.5. The summed E-state index contributed by atoms with van der Waals surface area (Å²) in [6, 6.07) is 14.7. The van der Waals surface area contributed by atoms with Crippen molar-refractivity contribution in [1.82, 2.24) is 0 Å². The molecule has 1 atom stereocenters. The standard InChI is InChI=1S/C20H25NO4S/c1-15(2)12-21-13-17(25-19-10-6-5-9-18(19)21)14-24-26(22,23)20-11-7-4-8-16(20)3/h4-11,15,17H,12-14H2,1-3H3. The molecule has 2 aromatic carbocycles. The lowest BCUT2D eigenvalue weighted by atomic mass is 10.1. The minimum Gasteiger partial charge on any atom is -0.484 e. The summed E-state index contributed by atoms with van der Waals surface area (Å²) < 4.78 is 36.3. The fraction of sp³-hybridized carbons (Fsp3) is 0.400. The molecule has 0 bridgehead atoms. The average molecular weight is 375 g/mol. The predicted molar refractivity (Wildman–Crippen MR) is 102 cm³/mol. The Labute approximate surface area is 155 Å². The second kappa shape index (κ2) is 7.68. The topological polar surface area (TPSA) is 55.8 Å². The number of para-hydroxylation sites is 2. The number of nitrogens with zero attached hydrogens (tertiary/aromatic N) is 1. The van der Waals surface area contributed by atoms with E-state index in [1.54, 1.807) is 31.2 Å². The molecule has 6 heteroatoms. The van der Waals surface area contributed by atoms with Gasteiger partial charge in [-0.15, -0.1) is 0 Å². The molecule has 0 aliphatic carbocycles. The van der Waals surface area contributed by atoms with E-state index in [2.05, 4.69) is 18.7 Å². The van der Waals surface area contributed by atoms with Gasteiger partial charge in [-0.3, -0.25) is 4.18 Å². The van der Waals surface area contributed by atoms with Gasteiger partial charge in [-0.1, -0.05) is 44.2 Å². The zero-order chi connectivity index (χ0) is 18.7. The molecular weight excluding hydrogens is 350 g/mol. The van der Waals surface area contributed by atoms with Crippen LogP contribution in [0.2, 0.25) is 0 Å². The van der Waals surface area contributed by atoms with E-state index >= 15 is 0 Å². The van der Waals surface area contributed by atoms with Gasteiger partial charge in [0, 0.05) is 6.54 Å². The third-order valence-corrected chi connectivity index (χ3v) is 5.72. The van der Waals surface area contributed by atoms with Crippen molar-refractivity contribution in [2.45, 2.75) is 31.8 Å². The van der Waals surface area contributed by atoms with Crippen LogP contribution in [0.3, 0.4) is 0 Å². The van der Waals surface area contributed by atoms with Gasteiger partial charge in [0.2, 0.25) is 0 Å². The second-order valence-corrected chi connectivity index (χ2v) is 8.59. The fourth-order valence-electron chi connectivity index (χ4n) is 3.15. The van der Waals surface area contributed by atoms with E-state index in [0.717, 1.165) is 18.0 Å². The highest BCUT2D eigenvalue weighted by Crippen LogP contribution is 2.33. The van der Waals surface area contributed by atoms with E-state index < -0.39 is 10.1 Å². The van der Waals surface area contributed by atoms with Crippen molar-refractivity contribution in [1.29, 1.82) is 0 Å². The van der Waals surface area contributed by atoms with Crippen LogP contribution in [-0.2, 0) is 14.3 Å². The quantitative estimate of drug-likeness (QED) is 0.722. The molecule has 1 aliphatic rings. The molecule has 140 valence electrons. The molecule has 1 unspecified atom stereocenters. The van der Waals surface area contributed by atoms with Crippen LogP contribution in [0.15, 0.2) is 53.4 Å². The van der Waals surface area contributed by atoms with E-state index in [9.17, 15) is 8.42 Å². The van der Waals surface area contributed by atoms with Crippen molar-refractivity contribution in [2.24, 2.45) is 5.92 Å². The number of rotatable bonds is 6. The molecule has 5 nitrogen and oxygen atoms in total. The van der Waals surface area contributed by atoms with Gasteiger partial charge in [-0.2, -0.15) is 8.42 Å². The number of hydrogen-bond donors (Lipinski definition) is 0. The van der Waals surface area contributed by atoms with Crippen molar-refractivity contribution in [3.63, 3.8) is 0 Å². The number of benzene rings is 2. The summed E-state index contributed by atoms with van der Waals surface area (Å²) in [4.78, 5) is 2.44.